The van der Waals surface area contributed by atoms with Gasteiger partial charge in [0, 0.05) is 11.3 Å². The number of rotatable bonds is 5. The molecule has 152 valence electrons. The minimum Gasteiger partial charge on any atom is -0.454 e. The average molecular weight is 402 g/mol. The Labute approximate surface area is 174 Å². The Balaban J connectivity index is 1.35. The Morgan fingerprint density at radius 1 is 1.07 bits per heavy atom. The predicted molar refractivity (Wildman–Crippen MR) is 112 cm³/mol. The molecule has 2 aliphatic rings. The summed E-state index contributed by atoms with van der Waals surface area (Å²) in [5.74, 6) is 1.90. The molecule has 2 N–H and O–H groups in total. The first-order chi connectivity index (χ1) is 14.6. The summed E-state index contributed by atoms with van der Waals surface area (Å²) in [6.45, 7) is 2.17. The second-order valence-corrected chi connectivity index (χ2v) is 7.79. The van der Waals surface area contributed by atoms with Crippen molar-refractivity contribution in [3.8, 4) is 22.6 Å². The van der Waals surface area contributed by atoms with Gasteiger partial charge < -0.3 is 19.9 Å². The smallest absolute Gasteiger partial charge is 0.236 e. The number of nitrogens with zero attached hydrogens (tertiary/aromatic N) is 1. The fourth-order valence-electron chi connectivity index (χ4n) is 3.93. The molecule has 1 aromatic heterocycles. The van der Waals surface area contributed by atoms with Crippen LogP contribution in [0.5, 0.6) is 11.5 Å². The van der Waals surface area contributed by atoms with E-state index in [1.807, 2.05) is 61.5 Å². The van der Waals surface area contributed by atoms with E-state index in [0.717, 1.165) is 46.5 Å². The molecule has 0 saturated heterocycles. The number of aliphatic hydroxyl groups excluding tert-OH is 1. The number of hydrogen-bond donors (Lipinski definition) is 2. The van der Waals surface area contributed by atoms with Gasteiger partial charge in [-0.15, -0.1) is 0 Å². The number of amides is 1. The van der Waals surface area contributed by atoms with Crippen molar-refractivity contribution in [1.29, 1.82) is 0 Å². The molecule has 0 atom stereocenters. The number of anilines is 1. The van der Waals surface area contributed by atoms with Gasteiger partial charge in [-0.25, -0.2) is 4.98 Å². The molecule has 0 radical (unpaired) electrons. The molecule has 5 rings (SSSR count). The first kappa shape index (κ1) is 18.6. The van der Waals surface area contributed by atoms with Crippen LogP contribution in [0.2, 0.25) is 0 Å². The third-order valence-corrected chi connectivity index (χ3v) is 5.88. The predicted octanol–water partition coefficient (Wildman–Crippen LogP) is 3.95. The number of carbonyl (C=O) groups excluding carboxylic acids is 1. The van der Waals surface area contributed by atoms with Crippen molar-refractivity contribution >= 4 is 11.7 Å². The van der Waals surface area contributed by atoms with Crippen molar-refractivity contribution in [2.75, 3.05) is 12.1 Å². The summed E-state index contributed by atoms with van der Waals surface area (Å²) in [5.41, 5.74) is 4.13. The van der Waals surface area contributed by atoms with Gasteiger partial charge in [0.25, 0.3) is 0 Å². The van der Waals surface area contributed by atoms with E-state index in [0.29, 0.717) is 11.6 Å². The minimum atomic E-state index is -0.532. The number of carbonyl (C=O) groups is 1. The van der Waals surface area contributed by atoms with E-state index in [1.165, 1.54) is 0 Å². The summed E-state index contributed by atoms with van der Waals surface area (Å²) in [7, 11) is 0. The van der Waals surface area contributed by atoms with E-state index in [2.05, 4.69) is 10.3 Å². The average Bonchev–Trinajstić information content (AvgIpc) is 3.45. The molecule has 1 aliphatic heterocycles. The van der Waals surface area contributed by atoms with E-state index < -0.39 is 5.41 Å². The molecule has 1 aliphatic carbocycles. The molecule has 0 bridgehead atoms. The number of aromatic nitrogens is 1. The van der Waals surface area contributed by atoms with Crippen molar-refractivity contribution in [1.82, 2.24) is 4.98 Å². The highest BCUT2D eigenvalue weighted by molar-refractivity contribution is 6.01. The van der Waals surface area contributed by atoms with E-state index in [1.54, 1.807) is 0 Å². The molecule has 1 amide bonds. The fourth-order valence-corrected chi connectivity index (χ4v) is 3.93. The number of nitrogens with one attached hydrogen (secondary N) is 1. The first-order valence-corrected chi connectivity index (χ1v) is 9.98. The molecule has 3 aromatic rings. The molecule has 6 nitrogen and oxygen atoms in total. The van der Waals surface area contributed by atoms with Crippen LogP contribution in [0, 0.1) is 6.92 Å². The van der Waals surface area contributed by atoms with Crippen LogP contribution in [0.25, 0.3) is 11.1 Å². The van der Waals surface area contributed by atoms with Gasteiger partial charge in [0.2, 0.25) is 12.7 Å². The van der Waals surface area contributed by atoms with Crippen LogP contribution in [-0.2, 0) is 16.8 Å². The quantitative estimate of drug-likeness (QED) is 0.676. The van der Waals surface area contributed by atoms with Gasteiger partial charge in [-0.05, 0) is 60.7 Å². The maximum absolute atomic E-state index is 13.1. The van der Waals surface area contributed by atoms with Crippen LogP contribution < -0.4 is 14.8 Å². The number of aryl methyl sites for hydroxylation is 1. The molecule has 1 saturated carbocycles. The van der Waals surface area contributed by atoms with Crippen LogP contribution in [0.15, 0.2) is 54.6 Å². The number of aliphatic hydroxyl groups is 1. The summed E-state index contributed by atoms with van der Waals surface area (Å²) in [4.78, 5) is 17.7. The SMILES string of the molecule is Cc1nc(NC(=O)C2(c3ccc4c(c3)OCO4)CC2)ccc1-c1ccc(CO)cc1. The molecule has 2 heterocycles. The van der Waals surface area contributed by atoms with Crippen molar-refractivity contribution in [3.05, 3.63) is 71.4 Å². The largest absolute Gasteiger partial charge is 0.454 e. The lowest BCUT2D eigenvalue weighted by atomic mass is 9.94. The Kier molecular flexibility index (Phi) is 4.44. The first-order valence-electron chi connectivity index (χ1n) is 9.98. The van der Waals surface area contributed by atoms with Gasteiger partial charge in [-0.3, -0.25) is 4.79 Å². The van der Waals surface area contributed by atoms with Gasteiger partial charge in [-0.2, -0.15) is 0 Å². The van der Waals surface area contributed by atoms with Gasteiger partial charge in [0.05, 0.1) is 12.0 Å². The molecular weight excluding hydrogens is 380 g/mol. The van der Waals surface area contributed by atoms with Crippen molar-refractivity contribution in [2.24, 2.45) is 0 Å². The molecule has 6 heteroatoms. The third-order valence-electron chi connectivity index (χ3n) is 5.88. The van der Waals surface area contributed by atoms with Crippen LogP contribution in [0.4, 0.5) is 5.82 Å². The molecule has 0 spiro atoms. The second kappa shape index (κ2) is 7.15. The number of fused-ring (bicyclic) bond motifs is 1. The van der Waals surface area contributed by atoms with Gasteiger partial charge >= 0.3 is 0 Å². The molecule has 2 aromatic carbocycles. The summed E-state index contributed by atoms with van der Waals surface area (Å²) in [5, 5.41) is 12.2. The number of ether oxygens (including phenoxy) is 2. The van der Waals surface area contributed by atoms with Gasteiger partial charge in [0.1, 0.15) is 5.82 Å². The zero-order valence-corrected chi connectivity index (χ0v) is 16.6. The standard InChI is InChI=1S/C24H22N2O4/c1-15-19(17-4-2-16(13-27)3-5-17)7-9-22(25-15)26-23(28)24(10-11-24)18-6-8-20-21(12-18)30-14-29-20/h2-9,12,27H,10-11,13-14H2,1H3,(H,25,26,28). The van der Waals surface area contributed by atoms with Crippen LogP contribution in [0.3, 0.4) is 0 Å². The minimum absolute atomic E-state index is 0.0214. The monoisotopic (exact) mass is 402 g/mol. The van der Waals surface area contributed by atoms with Crippen molar-refractivity contribution in [2.45, 2.75) is 31.8 Å². The van der Waals surface area contributed by atoms with Crippen molar-refractivity contribution in [3.63, 3.8) is 0 Å². The summed E-state index contributed by atoms with van der Waals surface area (Å²) < 4.78 is 10.8. The number of pyridine rings is 1. The lowest BCUT2D eigenvalue weighted by Crippen LogP contribution is -2.28. The summed E-state index contributed by atoms with van der Waals surface area (Å²) in [6.07, 6.45) is 1.60. The van der Waals surface area contributed by atoms with E-state index in [-0.39, 0.29) is 19.3 Å². The summed E-state index contributed by atoms with van der Waals surface area (Å²) >= 11 is 0. The maximum Gasteiger partial charge on any atom is 0.236 e. The zero-order chi connectivity index (χ0) is 20.7. The molecule has 0 unspecified atom stereocenters. The lowest BCUT2D eigenvalue weighted by molar-refractivity contribution is -0.118. The van der Waals surface area contributed by atoms with E-state index in [4.69, 9.17) is 9.47 Å². The van der Waals surface area contributed by atoms with Crippen LogP contribution in [-0.4, -0.2) is 22.8 Å². The highest BCUT2D eigenvalue weighted by Gasteiger charge is 2.51. The Morgan fingerprint density at radius 2 is 1.83 bits per heavy atom. The highest BCUT2D eigenvalue weighted by Crippen LogP contribution is 2.51. The normalized spacial score (nSPS) is 15.7. The molecular formula is C24H22N2O4. The third kappa shape index (κ3) is 3.19. The van der Waals surface area contributed by atoms with Crippen LogP contribution >= 0.6 is 0 Å². The summed E-state index contributed by atoms with van der Waals surface area (Å²) in [6, 6.07) is 17.2. The van der Waals surface area contributed by atoms with Gasteiger partial charge in [-0.1, -0.05) is 30.3 Å². The number of benzene rings is 2. The Hall–Kier alpha value is -3.38. The van der Waals surface area contributed by atoms with E-state index >= 15 is 0 Å². The fraction of sp³-hybridized carbons (Fsp3) is 0.250. The topological polar surface area (TPSA) is 80.7 Å². The number of hydrogen-bond acceptors (Lipinski definition) is 5. The highest BCUT2D eigenvalue weighted by atomic mass is 16.7. The Bertz CT molecular complexity index is 1120. The lowest BCUT2D eigenvalue weighted by Gasteiger charge is -2.16. The zero-order valence-electron chi connectivity index (χ0n) is 16.6. The van der Waals surface area contributed by atoms with Crippen molar-refractivity contribution < 1.29 is 19.4 Å². The van der Waals surface area contributed by atoms with E-state index in [9.17, 15) is 9.90 Å². The molecule has 1 fully saturated rings. The molecule has 30 heavy (non-hydrogen) atoms. The Morgan fingerprint density at radius 3 is 2.53 bits per heavy atom. The van der Waals surface area contributed by atoms with Crippen LogP contribution in [0.1, 0.15) is 29.7 Å². The second-order valence-electron chi connectivity index (χ2n) is 7.79. The van der Waals surface area contributed by atoms with Gasteiger partial charge in [0.15, 0.2) is 11.5 Å². The maximum atomic E-state index is 13.1.